The summed E-state index contributed by atoms with van der Waals surface area (Å²) in [5.74, 6) is -1.43. The maximum atomic E-state index is 12.8. The minimum Gasteiger partial charge on any atom is -0.464 e. The summed E-state index contributed by atoms with van der Waals surface area (Å²) in [5.41, 5.74) is 3.35. The lowest BCUT2D eigenvalue weighted by Gasteiger charge is -2.68. The lowest BCUT2D eigenvalue weighted by atomic mass is 9.32. The number of rotatable bonds is 3. The molecular weight excluding hydrogens is 354 g/mol. The van der Waals surface area contributed by atoms with Crippen molar-refractivity contribution in [1.29, 1.82) is 0 Å². The van der Waals surface area contributed by atoms with E-state index in [-0.39, 0.29) is 36.2 Å². The Hall–Kier alpha value is -2.95. The van der Waals surface area contributed by atoms with Crippen molar-refractivity contribution < 1.29 is 19.1 Å². The van der Waals surface area contributed by atoms with Gasteiger partial charge >= 0.3 is 5.97 Å². The Morgan fingerprint density at radius 1 is 0.964 bits per heavy atom. The van der Waals surface area contributed by atoms with Crippen LogP contribution in [0.5, 0.6) is 0 Å². The molecule has 5 heteroatoms. The molecule has 1 N–H and O–H groups in total. The van der Waals surface area contributed by atoms with Crippen molar-refractivity contribution >= 4 is 17.8 Å². The Balaban J connectivity index is 1.64. The molecule has 0 bridgehead atoms. The van der Waals surface area contributed by atoms with E-state index in [9.17, 15) is 14.4 Å². The van der Waals surface area contributed by atoms with E-state index in [4.69, 9.17) is 4.74 Å². The largest absolute Gasteiger partial charge is 0.464 e. The number of carbonyl (C=O) groups is 3. The van der Waals surface area contributed by atoms with E-state index in [0.29, 0.717) is 6.42 Å². The number of carbonyl (C=O) groups excluding carboxylic acids is 3. The highest BCUT2D eigenvalue weighted by Gasteiger charge is 2.86. The quantitative estimate of drug-likeness (QED) is 0.661. The third-order valence-electron chi connectivity index (χ3n) is 7.56. The van der Waals surface area contributed by atoms with E-state index in [0.717, 1.165) is 22.3 Å². The van der Waals surface area contributed by atoms with E-state index in [2.05, 4.69) is 29.6 Å². The van der Waals surface area contributed by atoms with Gasteiger partial charge in [-0.3, -0.25) is 19.7 Å². The first kappa shape index (κ1) is 16.0. The SMILES string of the molecule is CCC(=O)OCC12c3ccccc3C3C4C(=O)NC(=O)C4C31c1ccccc12. The van der Waals surface area contributed by atoms with E-state index < -0.39 is 16.7 Å². The first-order chi connectivity index (χ1) is 13.6. The Morgan fingerprint density at radius 3 is 2.39 bits per heavy atom. The molecule has 1 heterocycles. The van der Waals surface area contributed by atoms with Crippen LogP contribution in [0.1, 0.15) is 41.5 Å². The number of ether oxygens (including phenoxy) is 1. The van der Waals surface area contributed by atoms with Crippen LogP contribution in [0.25, 0.3) is 0 Å². The second-order valence-corrected chi connectivity index (χ2v) is 8.26. The van der Waals surface area contributed by atoms with Gasteiger partial charge in [-0.05, 0) is 22.3 Å². The van der Waals surface area contributed by atoms with Crippen LogP contribution >= 0.6 is 0 Å². The smallest absolute Gasteiger partial charge is 0.305 e. The van der Waals surface area contributed by atoms with Crippen molar-refractivity contribution in [3.8, 4) is 0 Å². The average molecular weight is 373 g/mol. The van der Waals surface area contributed by atoms with Gasteiger partial charge in [0, 0.05) is 17.8 Å². The lowest BCUT2D eigenvalue weighted by molar-refractivity contribution is -0.154. The van der Waals surface area contributed by atoms with Gasteiger partial charge in [-0.1, -0.05) is 55.5 Å². The second kappa shape index (κ2) is 4.90. The number of nitrogens with one attached hydrogen (secondary N) is 1. The molecule has 6 rings (SSSR count). The molecule has 2 amide bonds. The van der Waals surface area contributed by atoms with Crippen molar-refractivity contribution in [2.75, 3.05) is 6.61 Å². The van der Waals surface area contributed by atoms with Crippen LogP contribution in [-0.2, 0) is 30.0 Å². The molecule has 0 radical (unpaired) electrons. The van der Waals surface area contributed by atoms with Crippen LogP contribution in [0.2, 0.25) is 0 Å². The molecule has 1 aliphatic heterocycles. The summed E-state index contributed by atoms with van der Waals surface area (Å²) in [4.78, 5) is 37.5. The number of benzene rings is 2. The summed E-state index contributed by atoms with van der Waals surface area (Å²) in [6, 6.07) is 16.2. The lowest BCUT2D eigenvalue weighted by Crippen LogP contribution is -2.73. The Bertz CT molecular complexity index is 1090. The van der Waals surface area contributed by atoms with Gasteiger partial charge in [0.15, 0.2) is 0 Å². The zero-order valence-electron chi connectivity index (χ0n) is 15.4. The minimum absolute atomic E-state index is 0.0598. The molecule has 0 aromatic heterocycles. The topological polar surface area (TPSA) is 72.5 Å². The normalized spacial score (nSPS) is 35.4. The molecular formula is C23H19NO4. The van der Waals surface area contributed by atoms with Crippen LogP contribution in [0.15, 0.2) is 48.5 Å². The van der Waals surface area contributed by atoms with Gasteiger partial charge in [-0.15, -0.1) is 0 Å². The van der Waals surface area contributed by atoms with Crippen molar-refractivity contribution in [2.24, 2.45) is 11.8 Å². The predicted octanol–water partition coefficient (Wildman–Crippen LogP) is 2.18. The predicted molar refractivity (Wildman–Crippen MR) is 99.5 cm³/mol. The summed E-state index contributed by atoms with van der Waals surface area (Å²) >= 11 is 0. The standard InChI is InChI=1S/C23H19NO4/c1-2-16(25)28-11-22-13-8-4-3-7-12(13)18-17-19(21(27)24-20(17)26)23(18,22)15-10-6-5-9-14(15)22/h3-10,17-19H,2,11H2,1H3,(H,24,26,27). The molecule has 1 saturated heterocycles. The van der Waals surface area contributed by atoms with Gasteiger partial charge in [-0.25, -0.2) is 0 Å². The van der Waals surface area contributed by atoms with E-state index in [1.165, 1.54) is 0 Å². The fourth-order valence-corrected chi connectivity index (χ4v) is 6.79. The average Bonchev–Trinajstić information content (AvgIpc) is 3.01. The maximum absolute atomic E-state index is 12.8. The molecule has 140 valence electrons. The van der Waals surface area contributed by atoms with Crippen molar-refractivity contribution in [3.05, 3.63) is 70.8 Å². The molecule has 3 aliphatic carbocycles. The minimum atomic E-state index is -0.571. The number of hydrogen-bond donors (Lipinski definition) is 1. The van der Waals surface area contributed by atoms with Crippen LogP contribution in [0, 0.1) is 11.8 Å². The Labute approximate surface area is 162 Å². The van der Waals surface area contributed by atoms with Crippen molar-refractivity contribution in [1.82, 2.24) is 5.32 Å². The number of fused-ring (bicyclic) bond motifs is 7. The molecule has 5 unspecified atom stereocenters. The summed E-state index contributed by atoms with van der Waals surface area (Å²) in [6.45, 7) is 1.98. The van der Waals surface area contributed by atoms with Gasteiger partial charge < -0.3 is 4.74 Å². The number of esters is 1. The Kier molecular flexibility index (Phi) is 2.81. The molecule has 5 atom stereocenters. The molecule has 1 saturated carbocycles. The highest BCUT2D eigenvalue weighted by atomic mass is 16.5. The fraction of sp³-hybridized carbons (Fsp3) is 0.348. The molecule has 5 nitrogen and oxygen atoms in total. The number of imide groups is 1. The third kappa shape index (κ3) is 1.38. The zero-order chi connectivity index (χ0) is 19.3. The van der Waals surface area contributed by atoms with E-state index >= 15 is 0 Å². The van der Waals surface area contributed by atoms with E-state index in [1.54, 1.807) is 6.92 Å². The van der Waals surface area contributed by atoms with Crippen LogP contribution < -0.4 is 5.32 Å². The van der Waals surface area contributed by atoms with Crippen molar-refractivity contribution in [3.63, 3.8) is 0 Å². The summed E-state index contributed by atoms with van der Waals surface area (Å²) < 4.78 is 5.72. The molecule has 1 spiro atoms. The molecule has 2 aromatic carbocycles. The molecule has 4 aliphatic rings. The number of amides is 2. The summed E-state index contributed by atoms with van der Waals surface area (Å²) in [7, 11) is 0. The zero-order valence-corrected chi connectivity index (χ0v) is 15.4. The molecule has 2 fully saturated rings. The second-order valence-electron chi connectivity index (χ2n) is 8.26. The van der Waals surface area contributed by atoms with Crippen LogP contribution in [-0.4, -0.2) is 24.4 Å². The van der Waals surface area contributed by atoms with Crippen LogP contribution in [0.4, 0.5) is 0 Å². The Morgan fingerprint density at radius 2 is 1.64 bits per heavy atom. The van der Waals surface area contributed by atoms with Gasteiger partial charge in [0.25, 0.3) is 0 Å². The first-order valence-electron chi connectivity index (χ1n) is 9.78. The molecule has 2 aromatic rings. The van der Waals surface area contributed by atoms with Gasteiger partial charge in [-0.2, -0.15) is 0 Å². The van der Waals surface area contributed by atoms with Gasteiger partial charge in [0.1, 0.15) is 6.61 Å². The van der Waals surface area contributed by atoms with E-state index in [1.807, 2.05) is 24.3 Å². The third-order valence-corrected chi connectivity index (χ3v) is 7.56. The summed E-state index contributed by atoms with van der Waals surface area (Å²) in [5, 5.41) is 2.56. The van der Waals surface area contributed by atoms with Gasteiger partial charge in [0.2, 0.25) is 11.8 Å². The molecule has 28 heavy (non-hydrogen) atoms. The highest BCUT2D eigenvalue weighted by molar-refractivity contribution is 6.10. The summed E-state index contributed by atoms with van der Waals surface area (Å²) in [6.07, 6.45) is 0.306. The van der Waals surface area contributed by atoms with Crippen molar-refractivity contribution in [2.45, 2.75) is 30.1 Å². The maximum Gasteiger partial charge on any atom is 0.305 e. The first-order valence-corrected chi connectivity index (χ1v) is 9.78. The fourth-order valence-electron chi connectivity index (χ4n) is 6.79. The monoisotopic (exact) mass is 373 g/mol. The van der Waals surface area contributed by atoms with Crippen LogP contribution in [0.3, 0.4) is 0 Å². The van der Waals surface area contributed by atoms with Gasteiger partial charge in [0.05, 0.1) is 17.3 Å². The highest BCUT2D eigenvalue weighted by Crippen LogP contribution is 2.82. The number of hydrogen-bond acceptors (Lipinski definition) is 4.